The highest BCUT2D eigenvalue weighted by molar-refractivity contribution is 7.44. The summed E-state index contributed by atoms with van der Waals surface area (Å²) < 4.78 is 42.0. The molecule has 2 aliphatic rings. The molecule has 0 spiro atoms. The summed E-state index contributed by atoms with van der Waals surface area (Å²) >= 11 is 0. The van der Waals surface area contributed by atoms with Gasteiger partial charge in [-0.3, -0.25) is 9.36 Å². The quantitative estimate of drug-likeness (QED) is 0.0559. The Morgan fingerprint density at radius 3 is 2.17 bits per heavy atom. The number of morpholine rings is 1. The fourth-order valence-electron chi connectivity index (χ4n) is 8.95. The van der Waals surface area contributed by atoms with Crippen LogP contribution in [0.4, 0.5) is 10.6 Å². The normalized spacial score (nSPS) is 19.0. The Hall–Kier alpha value is -6.18. The molecule has 7 rings (SSSR count). The first-order valence-corrected chi connectivity index (χ1v) is 24.3. The van der Waals surface area contributed by atoms with Crippen molar-refractivity contribution in [3.05, 3.63) is 130 Å². The molecule has 1 aromatic heterocycles. The van der Waals surface area contributed by atoms with Crippen LogP contribution in [0.2, 0.25) is 0 Å². The molecular formula is C52H62N7O9P. The van der Waals surface area contributed by atoms with Gasteiger partial charge >= 0.3 is 11.7 Å². The standard InChI is InChI=1S/C52H62N7O9P/c1-33(2)54-50(61)58-31-52(32-65-30-40-17-13-18-43(37-19-23-41(63-8)24-20-37)44(40)38-21-25-42(64-9)26-22-38)46(68-69(66-28-14-27-53)59(34(3)4)35(5)6)45(58)49(67-52)57-29-36(7)47(56-51(57)62)55-48(60)39-15-11-10-12-16-39/h10-13,15-26,29,33-35,45-46,49H,14,28,30-32H2,1-9H3,(H,54,61)(H,55,56,60,62)/t45-,46+,49-,52-,69?/m1/s1. The minimum absolute atomic E-state index is 0.0380. The molecule has 1 unspecified atom stereocenters. The van der Waals surface area contributed by atoms with E-state index in [2.05, 4.69) is 32.4 Å². The molecular weight excluding hydrogens is 898 g/mol. The van der Waals surface area contributed by atoms with Gasteiger partial charge < -0.3 is 43.5 Å². The van der Waals surface area contributed by atoms with Gasteiger partial charge in [0.2, 0.25) is 0 Å². The lowest BCUT2D eigenvalue weighted by atomic mass is 9.90. The number of hydrogen-bond acceptors (Lipinski definition) is 12. The molecule has 3 amide bonds. The average Bonchev–Trinajstić information content (AvgIpc) is 3.81. The molecule has 2 N–H and O–H groups in total. The molecule has 2 bridgehead atoms. The predicted molar refractivity (Wildman–Crippen MR) is 265 cm³/mol. The van der Waals surface area contributed by atoms with E-state index in [1.54, 1.807) is 56.5 Å². The number of nitrogens with one attached hydrogen (secondary N) is 2. The highest BCUT2D eigenvalue weighted by atomic mass is 31.2. The summed E-state index contributed by atoms with van der Waals surface area (Å²) in [6.07, 6.45) is -0.308. The third-order valence-electron chi connectivity index (χ3n) is 12.0. The second-order valence-corrected chi connectivity index (χ2v) is 19.3. The van der Waals surface area contributed by atoms with Crippen LogP contribution in [0.5, 0.6) is 11.5 Å². The van der Waals surface area contributed by atoms with Gasteiger partial charge in [0.1, 0.15) is 35.1 Å². The van der Waals surface area contributed by atoms with Crippen molar-refractivity contribution in [1.82, 2.24) is 24.4 Å². The number of aryl methyl sites for hydroxylation is 1. The number of aromatic nitrogens is 2. The molecule has 0 radical (unpaired) electrons. The van der Waals surface area contributed by atoms with Gasteiger partial charge in [-0.15, -0.1) is 0 Å². The Bertz CT molecular complexity index is 2650. The maximum Gasteiger partial charge on any atom is 0.351 e. The number of likely N-dealkylation sites (tertiary alicyclic amines) is 1. The van der Waals surface area contributed by atoms with E-state index in [1.807, 2.05) is 108 Å². The molecule has 2 saturated heterocycles. The van der Waals surface area contributed by atoms with E-state index in [-0.39, 0.29) is 62.8 Å². The zero-order valence-corrected chi connectivity index (χ0v) is 41.6. The van der Waals surface area contributed by atoms with Crippen molar-refractivity contribution < 1.29 is 37.6 Å². The summed E-state index contributed by atoms with van der Waals surface area (Å²) in [6, 6.07) is 31.1. The summed E-state index contributed by atoms with van der Waals surface area (Å²) in [5.41, 5.74) is 3.57. The van der Waals surface area contributed by atoms with Crippen molar-refractivity contribution in [3.8, 4) is 39.8 Å². The van der Waals surface area contributed by atoms with Gasteiger partial charge in [-0.25, -0.2) is 14.3 Å². The summed E-state index contributed by atoms with van der Waals surface area (Å²) in [6.45, 7) is 13.9. The first kappa shape index (κ1) is 50.7. The highest BCUT2D eigenvalue weighted by Gasteiger charge is 2.67. The number of amides is 3. The van der Waals surface area contributed by atoms with E-state index in [0.717, 1.165) is 39.3 Å². The number of carbonyl (C=O) groups excluding carboxylic acids is 2. The van der Waals surface area contributed by atoms with Crippen LogP contribution in [0, 0.1) is 18.3 Å². The number of benzene rings is 4. The molecule has 5 aromatic rings. The molecule has 0 saturated carbocycles. The lowest BCUT2D eigenvalue weighted by Crippen LogP contribution is -2.54. The molecule has 364 valence electrons. The largest absolute Gasteiger partial charge is 0.497 e. The van der Waals surface area contributed by atoms with Gasteiger partial charge in [-0.05, 0) is 113 Å². The van der Waals surface area contributed by atoms with E-state index in [4.69, 9.17) is 28.0 Å². The van der Waals surface area contributed by atoms with Crippen molar-refractivity contribution >= 4 is 26.3 Å². The van der Waals surface area contributed by atoms with E-state index < -0.39 is 44.1 Å². The molecule has 69 heavy (non-hydrogen) atoms. The number of nitriles is 1. The van der Waals surface area contributed by atoms with Gasteiger partial charge in [0.05, 0.1) is 53.1 Å². The summed E-state index contributed by atoms with van der Waals surface area (Å²) in [5, 5.41) is 15.4. The number of anilines is 1. The first-order chi connectivity index (χ1) is 33.2. The lowest BCUT2D eigenvalue weighted by molar-refractivity contribution is -0.158. The molecule has 5 atom stereocenters. The Morgan fingerprint density at radius 1 is 0.913 bits per heavy atom. The third kappa shape index (κ3) is 11.3. The molecule has 2 aliphatic heterocycles. The Balaban J connectivity index is 1.31. The highest BCUT2D eigenvalue weighted by Crippen LogP contribution is 2.56. The number of ether oxygens (including phenoxy) is 4. The van der Waals surface area contributed by atoms with Gasteiger partial charge in [0, 0.05) is 35.4 Å². The fraction of sp³-hybridized carbons (Fsp3) is 0.404. The van der Waals surface area contributed by atoms with E-state index in [9.17, 15) is 19.6 Å². The van der Waals surface area contributed by atoms with Gasteiger partial charge in [-0.2, -0.15) is 10.2 Å². The van der Waals surface area contributed by atoms with Crippen LogP contribution < -0.4 is 25.8 Å². The van der Waals surface area contributed by atoms with Crippen LogP contribution in [0.1, 0.15) is 75.7 Å². The molecule has 17 heteroatoms. The second-order valence-electron chi connectivity index (χ2n) is 17.9. The van der Waals surface area contributed by atoms with Crippen LogP contribution in [0.3, 0.4) is 0 Å². The number of methoxy groups -OCH3 is 2. The van der Waals surface area contributed by atoms with Gasteiger partial charge in [0.15, 0.2) is 6.23 Å². The van der Waals surface area contributed by atoms with Crippen LogP contribution in [-0.2, 0) is 25.1 Å². The number of hydrogen-bond donors (Lipinski definition) is 2. The van der Waals surface area contributed by atoms with Crippen molar-refractivity contribution in [2.24, 2.45) is 0 Å². The number of nitrogens with zero attached hydrogens (tertiary/aromatic N) is 5. The molecule has 0 aliphatic carbocycles. The van der Waals surface area contributed by atoms with E-state index in [0.29, 0.717) is 11.1 Å². The fourth-order valence-corrected chi connectivity index (χ4v) is 10.8. The van der Waals surface area contributed by atoms with Crippen LogP contribution in [0.25, 0.3) is 22.3 Å². The zero-order valence-electron chi connectivity index (χ0n) is 40.7. The van der Waals surface area contributed by atoms with Gasteiger partial charge in [0.25, 0.3) is 14.4 Å². The first-order valence-electron chi connectivity index (χ1n) is 23.1. The van der Waals surface area contributed by atoms with E-state index >= 15 is 0 Å². The van der Waals surface area contributed by atoms with Crippen LogP contribution >= 0.6 is 8.53 Å². The SMILES string of the molecule is COc1ccc(-c2cccc(COC[C@@]34CN(C(=O)NC(C)C)[C@@H]([C@H](n5cc(C)c(NC(=O)c6ccccc6)nc5=O)O3)[C@@H]4OP(OCCC#N)N(C(C)C)C(C)C)c2-c2ccc(OC)cc2)cc1. The smallest absolute Gasteiger partial charge is 0.351 e. The van der Waals surface area contributed by atoms with Gasteiger partial charge in [-0.1, -0.05) is 60.7 Å². The Morgan fingerprint density at radius 2 is 1.57 bits per heavy atom. The predicted octanol–water partition coefficient (Wildman–Crippen LogP) is 9.10. The third-order valence-corrected chi connectivity index (χ3v) is 14.1. The minimum atomic E-state index is -1.88. The second kappa shape index (κ2) is 22.5. The van der Waals surface area contributed by atoms with Crippen molar-refractivity contribution in [2.75, 3.05) is 39.3 Å². The average molecular weight is 960 g/mol. The number of carbonyl (C=O) groups is 2. The van der Waals surface area contributed by atoms with Crippen LogP contribution in [0.15, 0.2) is 108 Å². The van der Waals surface area contributed by atoms with Crippen molar-refractivity contribution in [1.29, 1.82) is 5.26 Å². The minimum Gasteiger partial charge on any atom is -0.497 e. The summed E-state index contributed by atoms with van der Waals surface area (Å²) in [4.78, 5) is 47.9. The number of fused-ring (bicyclic) bond motifs is 2. The molecule has 2 fully saturated rings. The topological polar surface area (TPSA) is 179 Å². The summed E-state index contributed by atoms with van der Waals surface area (Å²) in [7, 11) is 1.39. The Labute approximate surface area is 405 Å². The number of rotatable bonds is 20. The lowest BCUT2D eigenvalue weighted by Gasteiger charge is -2.38. The molecule has 16 nitrogen and oxygen atoms in total. The van der Waals surface area contributed by atoms with Crippen molar-refractivity contribution in [2.45, 2.75) is 104 Å². The molecule has 3 heterocycles. The zero-order chi connectivity index (χ0) is 49.4. The number of urea groups is 1. The Kier molecular flexibility index (Phi) is 16.5. The monoisotopic (exact) mass is 959 g/mol. The maximum absolute atomic E-state index is 14.4. The van der Waals surface area contributed by atoms with E-state index in [1.165, 1.54) is 4.57 Å². The van der Waals surface area contributed by atoms with Crippen LogP contribution in [-0.4, -0.2) is 101 Å². The maximum atomic E-state index is 14.4. The summed E-state index contributed by atoms with van der Waals surface area (Å²) in [5.74, 6) is 1.13. The molecule has 4 aromatic carbocycles. The van der Waals surface area contributed by atoms with Crippen molar-refractivity contribution in [3.63, 3.8) is 0 Å².